The predicted octanol–water partition coefficient (Wildman–Crippen LogP) is 3.64. The quantitative estimate of drug-likeness (QED) is 0.659. The van der Waals surface area contributed by atoms with Crippen molar-refractivity contribution in [2.75, 3.05) is 26.1 Å². The molecule has 32 heavy (non-hydrogen) atoms. The fourth-order valence-electron chi connectivity index (χ4n) is 3.32. The van der Waals surface area contributed by atoms with E-state index in [4.69, 9.17) is 21.1 Å². The summed E-state index contributed by atoms with van der Waals surface area (Å²) < 4.78 is 41.7. The summed E-state index contributed by atoms with van der Waals surface area (Å²) in [5, 5.41) is 3.18. The topological polar surface area (TPSA) is 97.3 Å². The minimum absolute atomic E-state index is 0.00309. The van der Waals surface area contributed by atoms with E-state index in [1.165, 1.54) is 20.3 Å². The van der Waals surface area contributed by atoms with Crippen LogP contribution in [0.3, 0.4) is 0 Å². The molecule has 0 atom stereocenters. The third kappa shape index (κ3) is 4.73. The molecule has 0 unspecified atom stereocenters. The SMILES string of the molecule is COc1ccc(C2=NS(=O)(=O)N(CC3CC3)C(C(=O)Nc3cccc(Cl)c3)=C2)cc1OC. The van der Waals surface area contributed by atoms with Crippen molar-refractivity contribution < 1.29 is 22.7 Å². The molecule has 10 heteroatoms. The van der Waals surface area contributed by atoms with E-state index in [2.05, 4.69) is 9.71 Å². The fraction of sp³-hybridized carbons (Fsp3) is 0.273. The summed E-state index contributed by atoms with van der Waals surface area (Å²) in [6.45, 7) is 0.208. The maximum absolute atomic E-state index is 13.2. The van der Waals surface area contributed by atoms with Crippen LogP contribution in [0.1, 0.15) is 18.4 Å². The van der Waals surface area contributed by atoms with Gasteiger partial charge < -0.3 is 14.8 Å². The van der Waals surface area contributed by atoms with E-state index < -0.39 is 16.1 Å². The predicted molar refractivity (Wildman–Crippen MR) is 123 cm³/mol. The fourth-order valence-corrected chi connectivity index (χ4v) is 4.80. The molecule has 2 aliphatic rings. The van der Waals surface area contributed by atoms with Crippen molar-refractivity contribution in [3.8, 4) is 11.5 Å². The van der Waals surface area contributed by atoms with Crippen molar-refractivity contribution in [1.82, 2.24) is 4.31 Å². The number of methoxy groups -OCH3 is 2. The summed E-state index contributed by atoms with van der Waals surface area (Å²) in [5.41, 5.74) is 1.07. The zero-order valence-electron chi connectivity index (χ0n) is 17.5. The molecule has 0 aromatic heterocycles. The van der Waals surface area contributed by atoms with Crippen molar-refractivity contribution >= 4 is 39.1 Å². The minimum Gasteiger partial charge on any atom is -0.493 e. The molecule has 1 fully saturated rings. The molecule has 168 valence electrons. The van der Waals surface area contributed by atoms with Gasteiger partial charge in [0.25, 0.3) is 5.91 Å². The van der Waals surface area contributed by atoms with Crippen molar-refractivity contribution in [2.24, 2.45) is 10.3 Å². The van der Waals surface area contributed by atoms with Crippen LogP contribution < -0.4 is 14.8 Å². The number of amides is 1. The first-order valence-corrected chi connectivity index (χ1v) is 11.7. The second-order valence-corrected chi connectivity index (χ2v) is 9.45. The summed E-state index contributed by atoms with van der Waals surface area (Å²) in [6.07, 6.45) is 3.31. The maximum atomic E-state index is 13.2. The highest BCUT2D eigenvalue weighted by molar-refractivity contribution is 7.88. The number of allylic oxidation sites excluding steroid dienone is 1. The Morgan fingerprint density at radius 3 is 2.56 bits per heavy atom. The number of benzene rings is 2. The number of hydrogen-bond donors (Lipinski definition) is 1. The van der Waals surface area contributed by atoms with Crippen LogP contribution in [0.5, 0.6) is 11.5 Å². The van der Waals surface area contributed by atoms with Gasteiger partial charge in [-0.15, -0.1) is 4.40 Å². The van der Waals surface area contributed by atoms with Crippen molar-refractivity contribution in [2.45, 2.75) is 12.8 Å². The number of hydrogen-bond acceptors (Lipinski definition) is 5. The average Bonchev–Trinajstić information content (AvgIpc) is 3.58. The first-order chi connectivity index (χ1) is 15.3. The second-order valence-electron chi connectivity index (χ2n) is 7.49. The third-order valence-corrected chi connectivity index (χ3v) is 6.72. The molecular formula is C22H22ClN3O5S. The van der Waals surface area contributed by atoms with Crippen LogP contribution in [0.4, 0.5) is 5.69 Å². The number of nitrogens with one attached hydrogen (secondary N) is 1. The molecule has 4 rings (SSSR count). The van der Waals surface area contributed by atoms with E-state index >= 15 is 0 Å². The molecule has 1 aliphatic heterocycles. The van der Waals surface area contributed by atoms with E-state index in [1.807, 2.05) is 0 Å². The Bertz CT molecular complexity index is 1220. The van der Waals surface area contributed by atoms with Crippen LogP contribution in [0.15, 0.2) is 58.6 Å². The molecule has 1 amide bonds. The number of anilines is 1. The Kier molecular flexibility index (Phi) is 6.12. The van der Waals surface area contributed by atoms with Crippen LogP contribution in [0.2, 0.25) is 5.02 Å². The summed E-state index contributed by atoms with van der Waals surface area (Å²) in [6, 6.07) is 11.6. The molecule has 2 aromatic rings. The third-order valence-electron chi connectivity index (χ3n) is 5.15. The molecule has 2 aromatic carbocycles. The zero-order valence-corrected chi connectivity index (χ0v) is 19.1. The summed E-state index contributed by atoms with van der Waals surface area (Å²) >= 11 is 6.01. The van der Waals surface area contributed by atoms with Gasteiger partial charge in [0.05, 0.1) is 19.9 Å². The second kappa shape index (κ2) is 8.84. The number of halogens is 1. The molecule has 1 aliphatic carbocycles. The lowest BCUT2D eigenvalue weighted by molar-refractivity contribution is -0.113. The number of carbonyl (C=O) groups excluding carboxylic acids is 1. The Labute approximate surface area is 191 Å². The van der Waals surface area contributed by atoms with Gasteiger partial charge in [0.2, 0.25) is 0 Å². The largest absolute Gasteiger partial charge is 0.493 e. The lowest BCUT2D eigenvalue weighted by Gasteiger charge is -2.27. The van der Waals surface area contributed by atoms with Gasteiger partial charge in [0.1, 0.15) is 5.70 Å². The van der Waals surface area contributed by atoms with Crippen LogP contribution in [0.25, 0.3) is 0 Å². The molecule has 1 saturated carbocycles. The number of nitrogens with zero attached hydrogens (tertiary/aromatic N) is 2. The monoisotopic (exact) mass is 475 g/mol. The zero-order chi connectivity index (χ0) is 22.9. The number of carbonyl (C=O) groups is 1. The smallest absolute Gasteiger partial charge is 0.345 e. The summed E-state index contributed by atoms with van der Waals surface area (Å²) in [5.74, 6) is 0.562. The Morgan fingerprint density at radius 1 is 1.16 bits per heavy atom. The molecule has 0 radical (unpaired) electrons. The van der Waals surface area contributed by atoms with Crippen LogP contribution >= 0.6 is 11.6 Å². The minimum atomic E-state index is -4.11. The normalized spacial score (nSPS) is 17.3. The molecule has 0 spiro atoms. The van der Waals surface area contributed by atoms with Gasteiger partial charge in [0, 0.05) is 22.8 Å². The van der Waals surface area contributed by atoms with Gasteiger partial charge in [-0.2, -0.15) is 8.42 Å². The average molecular weight is 476 g/mol. The van der Waals surface area contributed by atoms with E-state index in [1.54, 1.807) is 42.5 Å². The highest BCUT2D eigenvalue weighted by atomic mass is 35.5. The van der Waals surface area contributed by atoms with Gasteiger partial charge in [-0.25, -0.2) is 4.31 Å². The van der Waals surface area contributed by atoms with Crippen molar-refractivity contribution in [1.29, 1.82) is 0 Å². The van der Waals surface area contributed by atoms with E-state index in [0.29, 0.717) is 27.8 Å². The first kappa shape index (κ1) is 22.2. The molecule has 0 bridgehead atoms. The van der Waals surface area contributed by atoms with Gasteiger partial charge in [-0.3, -0.25) is 4.79 Å². The highest BCUT2D eigenvalue weighted by Crippen LogP contribution is 2.35. The van der Waals surface area contributed by atoms with Gasteiger partial charge in [-0.05, 0) is 61.2 Å². The van der Waals surface area contributed by atoms with Crippen molar-refractivity contribution in [3.63, 3.8) is 0 Å². The lowest BCUT2D eigenvalue weighted by Crippen LogP contribution is -2.39. The van der Waals surface area contributed by atoms with Gasteiger partial charge >= 0.3 is 10.2 Å². The van der Waals surface area contributed by atoms with E-state index in [9.17, 15) is 13.2 Å². The van der Waals surface area contributed by atoms with Crippen LogP contribution in [-0.2, 0) is 15.0 Å². The molecule has 1 heterocycles. The molecule has 0 saturated heterocycles. The van der Waals surface area contributed by atoms with E-state index in [-0.39, 0.29) is 23.9 Å². The Balaban J connectivity index is 1.74. The van der Waals surface area contributed by atoms with Gasteiger partial charge in [0.15, 0.2) is 11.5 Å². The Morgan fingerprint density at radius 2 is 1.91 bits per heavy atom. The standard InChI is InChI=1S/C22H22ClN3O5S/c1-30-20-9-8-15(10-21(20)31-2)18-12-19(22(27)24-17-5-3-4-16(23)11-17)26(13-14-6-7-14)32(28,29)25-18/h3-5,8-12,14H,6-7,13H2,1-2H3,(H,24,27). The van der Waals surface area contributed by atoms with Gasteiger partial charge in [-0.1, -0.05) is 17.7 Å². The summed E-state index contributed by atoms with van der Waals surface area (Å²) in [7, 11) is -1.12. The van der Waals surface area contributed by atoms with Crippen molar-refractivity contribution in [3.05, 3.63) is 64.8 Å². The number of ether oxygens (including phenoxy) is 2. The maximum Gasteiger partial charge on any atom is 0.345 e. The van der Waals surface area contributed by atoms with Crippen LogP contribution in [-0.4, -0.2) is 45.1 Å². The van der Waals surface area contributed by atoms with E-state index in [0.717, 1.165) is 17.1 Å². The first-order valence-electron chi connectivity index (χ1n) is 9.94. The molecule has 1 N–H and O–H groups in total. The summed E-state index contributed by atoms with van der Waals surface area (Å²) in [4.78, 5) is 13.2. The van der Waals surface area contributed by atoms with Crippen LogP contribution in [0, 0.1) is 5.92 Å². The highest BCUT2D eigenvalue weighted by Gasteiger charge is 2.37. The molecular weight excluding hydrogens is 454 g/mol. The molecule has 8 nitrogen and oxygen atoms in total. The number of rotatable bonds is 7. The lowest BCUT2D eigenvalue weighted by atomic mass is 10.1. The Hall–Kier alpha value is -3.04.